The first kappa shape index (κ1) is 17.0. The van der Waals surface area contributed by atoms with Crippen molar-refractivity contribution in [2.45, 2.75) is 49.5 Å². The molecule has 1 amide bonds. The van der Waals surface area contributed by atoms with Crippen molar-refractivity contribution in [2.75, 3.05) is 11.8 Å². The largest absolute Gasteiger partial charge is 0.336 e. The van der Waals surface area contributed by atoms with E-state index in [1.807, 2.05) is 0 Å². The van der Waals surface area contributed by atoms with Crippen LogP contribution in [0.25, 0.3) is 5.69 Å². The molecule has 0 bridgehead atoms. The lowest BCUT2D eigenvalue weighted by Crippen LogP contribution is -2.37. The van der Waals surface area contributed by atoms with Crippen LogP contribution in [0, 0.1) is 0 Å². The number of sulfonamides is 1. The highest BCUT2D eigenvalue weighted by Crippen LogP contribution is 2.29. The van der Waals surface area contributed by atoms with Crippen molar-refractivity contribution in [1.82, 2.24) is 19.7 Å². The van der Waals surface area contributed by atoms with E-state index >= 15 is 0 Å². The predicted octanol–water partition coefficient (Wildman–Crippen LogP) is 2.18. The summed E-state index contributed by atoms with van der Waals surface area (Å²) in [6.07, 6.45) is 6.59. The Balaban J connectivity index is 1.67. The van der Waals surface area contributed by atoms with Crippen molar-refractivity contribution >= 4 is 21.9 Å². The van der Waals surface area contributed by atoms with Gasteiger partial charge in [0.25, 0.3) is 15.9 Å². The molecule has 2 aromatic rings. The average molecular weight is 375 g/mol. The molecule has 0 saturated heterocycles. The summed E-state index contributed by atoms with van der Waals surface area (Å²) in [7, 11) is -1.94. The number of hydrogen-bond acceptors (Lipinski definition) is 5. The van der Waals surface area contributed by atoms with Crippen LogP contribution in [0.4, 0.5) is 5.95 Å². The molecule has 138 valence electrons. The number of carbonyl (C=O) groups is 1. The Labute approximate surface area is 152 Å². The monoisotopic (exact) mass is 375 g/mol. The molecule has 1 aliphatic heterocycles. The second kappa shape index (κ2) is 6.39. The van der Waals surface area contributed by atoms with Gasteiger partial charge in [0, 0.05) is 13.1 Å². The smallest absolute Gasteiger partial charge is 0.293 e. The quantitative estimate of drug-likeness (QED) is 0.812. The number of nitrogens with zero attached hydrogens (tertiary/aromatic N) is 4. The fourth-order valence-corrected chi connectivity index (χ4v) is 4.81. The fourth-order valence-electron chi connectivity index (χ4n) is 3.64. The molecule has 1 saturated carbocycles. The molecule has 2 heterocycles. The summed E-state index contributed by atoms with van der Waals surface area (Å²) in [6, 6.07) is 6.70. The number of nitrogens with one attached hydrogen (secondary N) is 1. The van der Waals surface area contributed by atoms with E-state index in [1.54, 1.807) is 30.1 Å². The van der Waals surface area contributed by atoms with Crippen molar-refractivity contribution in [3.05, 3.63) is 30.1 Å². The van der Waals surface area contributed by atoms with Gasteiger partial charge in [0.15, 0.2) is 0 Å². The number of hydrogen-bond donors (Lipinski definition) is 1. The maximum absolute atomic E-state index is 12.9. The molecule has 26 heavy (non-hydrogen) atoms. The van der Waals surface area contributed by atoms with Crippen LogP contribution in [0.3, 0.4) is 0 Å². The third-order valence-corrected chi connectivity index (χ3v) is 6.48. The van der Waals surface area contributed by atoms with Gasteiger partial charge in [-0.2, -0.15) is 9.67 Å². The molecule has 0 unspecified atom stereocenters. The van der Waals surface area contributed by atoms with E-state index < -0.39 is 10.0 Å². The lowest BCUT2D eigenvalue weighted by molar-refractivity contribution is 0.0705. The summed E-state index contributed by atoms with van der Waals surface area (Å²) in [5.74, 6) is -0.233. The standard InChI is InChI=1S/C17H21N5O3S/c1-21(12-8-4-2-3-5-9-12)16(23)15-18-17-20-26(24,25)14-11-7-6-10-13(14)22(17)19-15/h6-7,10-12H,2-5,8-9H2,1H3,(H,18,19,20). The summed E-state index contributed by atoms with van der Waals surface area (Å²) in [4.78, 5) is 18.8. The zero-order chi connectivity index (χ0) is 18.3. The molecule has 8 nitrogen and oxygen atoms in total. The van der Waals surface area contributed by atoms with Gasteiger partial charge in [-0.3, -0.25) is 4.79 Å². The number of aromatic nitrogens is 3. The normalized spacial score (nSPS) is 19.0. The average Bonchev–Trinajstić information content (AvgIpc) is 2.86. The Kier molecular flexibility index (Phi) is 4.18. The number of anilines is 1. The van der Waals surface area contributed by atoms with Crippen LogP contribution in [0.5, 0.6) is 0 Å². The van der Waals surface area contributed by atoms with E-state index in [0.717, 1.165) is 25.7 Å². The minimum Gasteiger partial charge on any atom is -0.336 e. The minimum atomic E-state index is -3.71. The second-order valence-corrected chi connectivity index (χ2v) is 8.46. The second-order valence-electron chi connectivity index (χ2n) is 6.81. The van der Waals surface area contributed by atoms with E-state index in [4.69, 9.17) is 0 Å². The van der Waals surface area contributed by atoms with Crippen LogP contribution >= 0.6 is 0 Å². The topological polar surface area (TPSA) is 97.2 Å². The van der Waals surface area contributed by atoms with E-state index in [9.17, 15) is 13.2 Å². The maximum Gasteiger partial charge on any atom is 0.293 e. The molecule has 0 radical (unpaired) electrons. The predicted molar refractivity (Wildman–Crippen MR) is 95.8 cm³/mol. The molecule has 1 aromatic carbocycles. The first-order chi connectivity index (χ1) is 12.5. The van der Waals surface area contributed by atoms with Gasteiger partial charge in [-0.1, -0.05) is 37.8 Å². The SMILES string of the molecule is CN(C(=O)c1nc2n(n1)-c1ccccc1S(=O)(=O)N2)C1CCCCCC1. The first-order valence-corrected chi connectivity index (χ1v) is 10.3. The number of fused-ring (bicyclic) bond motifs is 3. The Hall–Kier alpha value is -2.42. The number of amides is 1. The van der Waals surface area contributed by atoms with E-state index in [2.05, 4.69) is 14.8 Å². The summed E-state index contributed by atoms with van der Waals surface area (Å²) < 4.78 is 28.5. The van der Waals surface area contributed by atoms with E-state index in [-0.39, 0.29) is 28.6 Å². The van der Waals surface area contributed by atoms with Crippen molar-refractivity contribution in [3.63, 3.8) is 0 Å². The molecule has 0 spiro atoms. The molecular formula is C17H21N5O3S. The summed E-state index contributed by atoms with van der Waals surface area (Å²) in [6.45, 7) is 0. The molecule has 4 rings (SSSR count). The van der Waals surface area contributed by atoms with Gasteiger partial charge in [0.1, 0.15) is 4.90 Å². The Bertz CT molecular complexity index is 945. The van der Waals surface area contributed by atoms with Gasteiger partial charge in [0.2, 0.25) is 11.8 Å². The third kappa shape index (κ3) is 2.86. The Morgan fingerprint density at radius 1 is 1.19 bits per heavy atom. The number of para-hydroxylation sites is 1. The van der Waals surface area contributed by atoms with Gasteiger partial charge in [0.05, 0.1) is 5.69 Å². The fraction of sp³-hybridized carbons (Fsp3) is 0.471. The molecule has 1 fully saturated rings. The van der Waals surface area contributed by atoms with Gasteiger partial charge >= 0.3 is 0 Å². The van der Waals surface area contributed by atoms with Crippen LogP contribution in [-0.4, -0.2) is 47.1 Å². The summed E-state index contributed by atoms with van der Waals surface area (Å²) in [5, 5.41) is 4.28. The zero-order valence-electron chi connectivity index (χ0n) is 14.6. The molecule has 1 aliphatic carbocycles. The zero-order valence-corrected chi connectivity index (χ0v) is 15.4. The lowest BCUT2D eigenvalue weighted by Gasteiger charge is -2.26. The van der Waals surface area contributed by atoms with Gasteiger partial charge in [-0.05, 0) is 25.0 Å². The highest BCUT2D eigenvalue weighted by Gasteiger charge is 2.32. The number of benzene rings is 1. The molecule has 0 atom stereocenters. The Morgan fingerprint density at radius 3 is 2.62 bits per heavy atom. The highest BCUT2D eigenvalue weighted by molar-refractivity contribution is 7.92. The molecule has 2 aliphatic rings. The number of carbonyl (C=O) groups excluding carboxylic acids is 1. The minimum absolute atomic E-state index is 0.00569. The summed E-state index contributed by atoms with van der Waals surface area (Å²) in [5.41, 5.74) is 0.393. The maximum atomic E-state index is 12.9. The van der Waals surface area contributed by atoms with Crippen LogP contribution in [0.15, 0.2) is 29.2 Å². The Morgan fingerprint density at radius 2 is 1.88 bits per heavy atom. The molecule has 9 heteroatoms. The van der Waals surface area contributed by atoms with Crippen LogP contribution in [0.1, 0.15) is 49.1 Å². The first-order valence-electron chi connectivity index (χ1n) is 8.84. The third-order valence-electron chi connectivity index (χ3n) is 5.10. The summed E-state index contributed by atoms with van der Waals surface area (Å²) >= 11 is 0. The van der Waals surface area contributed by atoms with Gasteiger partial charge in [-0.25, -0.2) is 13.1 Å². The van der Waals surface area contributed by atoms with Crippen molar-refractivity contribution < 1.29 is 13.2 Å². The van der Waals surface area contributed by atoms with Crippen molar-refractivity contribution in [3.8, 4) is 5.69 Å². The molecule has 1 N–H and O–H groups in total. The molecule has 1 aromatic heterocycles. The van der Waals surface area contributed by atoms with Crippen LogP contribution in [-0.2, 0) is 10.0 Å². The van der Waals surface area contributed by atoms with E-state index in [0.29, 0.717) is 5.69 Å². The van der Waals surface area contributed by atoms with Crippen LogP contribution < -0.4 is 4.72 Å². The lowest BCUT2D eigenvalue weighted by atomic mass is 10.1. The van der Waals surface area contributed by atoms with Crippen molar-refractivity contribution in [2.24, 2.45) is 0 Å². The highest BCUT2D eigenvalue weighted by atomic mass is 32.2. The van der Waals surface area contributed by atoms with Crippen molar-refractivity contribution in [1.29, 1.82) is 0 Å². The molecular weight excluding hydrogens is 354 g/mol. The van der Waals surface area contributed by atoms with Gasteiger partial charge < -0.3 is 4.90 Å². The van der Waals surface area contributed by atoms with Gasteiger partial charge in [-0.15, -0.1) is 5.10 Å². The van der Waals surface area contributed by atoms with E-state index in [1.165, 1.54) is 23.6 Å². The van der Waals surface area contributed by atoms with Crippen LogP contribution in [0.2, 0.25) is 0 Å². The number of rotatable bonds is 2.